The molecule has 0 aromatic heterocycles. The Balaban J connectivity index is 2.00. The van der Waals surface area contributed by atoms with Crippen molar-refractivity contribution in [2.24, 2.45) is 5.73 Å². The SMILES string of the molecule is CC(C)(CN)NCc1ccc2c(c1)CCC2. The molecule has 0 saturated heterocycles. The normalized spacial score (nSPS) is 15.2. The minimum absolute atomic E-state index is 0.0268. The van der Waals surface area contributed by atoms with Gasteiger partial charge in [0.2, 0.25) is 0 Å². The largest absolute Gasteiger partial charge is 0.329 e. The summed E-state index contributed by atoms with van der Waals surface area (Å²) >= 11 is 0. The first kappa shape index (κ1) is 11.6. The van der Waals surface area contributed by atoms with Gasteiger partial charge in [-0.2, -0.15) is 0 Å². The van der Waals surface area contributed by atoms with Crippen molar-refractivity contribution in [2.75, 3.05) is 6.54 Å². The van der Waals surface area contributed by atoms with Crippen molar-refractivity contribution >= 4 is 0 Å². The van der Waals surface area contributed by atoms with Crippen LogP contribution < -0.4 is 11.1 Å². The maximum Gasteiger partial charge on any atom is 0.0250 e. The minimum atomic E-state index is 0.0268. The van der Waals surface area contributed by atoms with Crippen LogP contribution in [0.4, 0.5) is 0 Å². The predicted octanol–water partition coefficient (Wildman–Crippen LogP) is 2.00. The maximum absolute atomic E-state index is 5.70. The number of nitrogens with one attached hydrogen (secondary N) is 1. The van der Waals surface area contributed by atoms with Gasteiger partial charge in [0.25, 0.3) is 0 Å². The lowest BCUT2D eigenvalue weighted by atomic mass is 10.0. The van der Waals surface area contributed by atoms with E-state index < -0.39 is 0 Å². The zero-order valence-corrected chi connectivity index (χ0v) is 10.3. The van der Waals surface area contributed by atoms with Gasteiger partial charge < -0.3 is 11.1 Å². The molecular weight excluding hydrogens is 196 g/mol. The van der Waals surface area contributed by atoms with E-state index in [2.05, 4.69) is 37.4 Å². The van der Waals surface area contributed by atoms with Crippen molar-refractivity contribution in [2.45, 2.75) is 45.2 Å². The third kappa shape index (κ3) is 2.63. The second kappa shape index (κ2) is 4.56. The van der Waals surface area contributed by atoms with Crippen molar-refractivity contribution in [3.63, 3.8) is 0 Å². The van der Waals surface area contributed by atoms with Crippen LogP contribution in [-0.2, 0) is 19.4 Å². The van der Waals surface area contributed by atoms with Gasteiger partial charge in [-0.1, -0.05) is 18.2 Å². The molecule has 1 aliphatic carbocycles. The fourth-order valence-corrected chi connectivity index (χ4v) is 2.15. The number of fused-ring (bicyclic) bond motifs is 1. The molecule has 2 heteroatoms. The molecule has 0 saturated carbocycles. The summed E-state index contributed by atoms with van der Waals surface area (Å²) in [5.41, 5.74) is 10.2. The number of nitrogens with two attached hydrogens (primary N) is 1. The fourth-order valence-electron chi connectivity index (χ4n) is 2.15. The molecule has 16 heavy (non-hydrogen) atoms. The standard InChI is InChI=1S/C14H22N2/c1-14(2,10-15)16-9-11-6-7-12-4-3-5-13(12)8-11/h6-8,16H,3-5,9-10,15H2,1-2H3. The molecule has 88 valence electrons. The van der Waals surface area contributed by atoms with E-state index in [1.54, 1.807) is 11.1 Å². The van der Waals surface area contributed by atoms with E-state index >= 15 is 0 Å². The summed E-state index contributed by atoms with van der Waals surface area (Å²) in [6.07, 6.45) is 3.83. The third-order valence-corrected chi connectivity index (χ3v) is 3.44. The molecular formula is C14H22N2. The Morgan fingerprint density at radius 3 is 2.75 bits per heavy atom. The van der Waals surface area contributed by atoms with E-state index in [4.69, 9.17) is 5.73 Å². The zero-order valence-electron chi connectivity index (χ0n) is 10.3. The lowest BCUT2D eigenvalue weighted by Crippen LogP contribution is -2.45. The minimum Gasteiger partial charge on any atom is -0.329 e. The van der Waals surface area contributed by atoms with Gasteiger partial charge in [-0.3, -0.25) is 0 Å². The van der Waals surface area contributed by atoms with Gasteiger partial charge in [-0.25, -0.2) is 0 Å². The van der Waals surface area contributed by atoms with Crippen LogP contribution in [0.3, 0.4) is 0 Å². The van der Waals surface area contributed by atoms with E-state index in [9.17, 15) is 0 Å². The summed E-state index contributed by atoms with van der Waals surface area (Å²) in [5.74, 6) is 0. The van der Waals surface area contributed by atoms with Gasteiger partial charge in [0.05, 0.1) is 0 Å². The molecule has 0 heterocycles. The Morgan fingerprint density at radius 2 is 2.00 bits per heavy atom. The Kier molecular flexibility index (Phi) is 3.31. The van der Waals surface area contributed by atoms with Crippen LogP contribution in [0.5, 0.6) is 0 Å². The first-order valence-corrected chi connectivity index (χ1v) is 6.16. The van der Waals surface area contributed by atoms with Crippen LogP contribution in [0, 0.1) is 0 Å². The summed E-state index contributed by atoms with van der Waals surface area (Å²) in [7, 11) is 0. The predicted molar refractivity (Wildman–Crippen MR) is 68.4 cm³/mol. The lowest BCUT2D eigenvalue weighted by Gasteiger charge is -2.24. The molecule has 0 bridgehead atoms. The second-order valence-electron chi connectivity index (χ2n) is 5.40. The van der Waals surface area contributed by atoms with Gasteiger partial charge >= 0.3 is 0 Å². The van der Waals surface area contributed by atoms with Crippen LogP contribution in [0.1, 0.15) is 37.0 Å². The van der Waals surface area contributed by atoms with Gasteiger partial charge in [-0.05, 0) is 49.8 Å². The van der Waals surface area contributed by atoms with E-state index in [1.165, 1.54) is 24.8 Å². The van der Waals surface area contributed by atoms with Crippen LogP contribution in [0.2, 0.25) is 0 Å². The van der Waals surface area contributed by atoms with Crippen LogP contribution in [0.15, 0.2) is 18.2 Å². The van der Waals surface area contributed by atoms with Crippen molar-refractivity contribution in [3.05, 3.63) is 34.9 Å². The Morgan fingerprint density at radius 1 is 1.25 bits per heavy atom. The number of rotatable bonds is 4. The molecule has 1 aliphatic rings. The highest BCUT2D eigenvalue weighted by Crippen LogP contribution is 2.22. The average molecular weight is 218 g/mol. The van der Waals surface area contributed by atoms with Crippen LogP contribution in [-0.4, -0.2) is 12.1 Å². The summed E-state index contributed by atoms with van der Waals surface area (Å²) in [5, 5.41) is 3.49. The topological polar surface area (TPSA) is 38.0 Å². The molecule has 0 radical (unpaired) electrons. The van der Waals surface area contributed by atoms with E-state index in [0.717, 1.165) is 6.54 Å². The van der Waals surface area contributed by atoms with E-state index in [1.807, 2.05) is 0 Å². The third-order valence-electron chi connectivity index (χ3n) is 3.44. The van der Waals surface area contributed by atoms with Gasteiger partial charge in [0.1, 0.15) is 0 Å². The van der Waals surface area contributed by atoms with E-state index in [0.29, 0.717) is 6.54 Å². The molecule has 2 rings (SSSR count). The monoisotopic (exact) mass is 218 g/mol. The van der Waals surface area contributed by atoms with Gasteiger partial charge in [0.15, 0.2) is 0 Å². The van der Waals surface area contributed by atoms with Crippen molar-refractivity contribution in [3.8, 4) is 0 Å². The highest BCUT2D eigenvalue weighted by atomic mass is 15.0. The second-order valence-corrected chi connectivity index (χ2v) is 5.40. The molecule has 0 aliphatic heterocycles. The molecule has 0 atom stereocenters. The smallest absolute Gasteiger partial charge is 0.0250 e. The Hall–Kier alpha value is -0.860. The molecule has 1 aromatic rings. The summed E-state index contributed by atoms with van der Waals surface area (Å²) < 4.78 is 0. The van der Waals surface area contributed by atoms with Crippen molar-refractivity contribution < 1.29 is 0 Å². The summed E-state index contributed by atoms with van der Waals surface area (Å²) in [6, 6.07) is 6.88. The number of aryl methyl sites for hydroxylation is 2. The Bertz CT molecular complexity index is 369. The van der Waals surface area contributed by atoms with Crippen LogP contribution >= 0.6 is 0 Å². The van der Waals surface area contributed by atoms with Crippen molar-refractivity contribution in [1.29, 1.82) is 0 Å². The lowest BCUT2D eigenvalue weighted by molar-refractivity contribution is 0.396. The van der Waals surface area contributed by atoms with Crippen LogP contribution in [0.25, 0.3) is 0 Å². The Labute approximate surface area is 98.2 Å². The molecule has 3 N–H and O–H groups in total. The average Bonchev–Trinajstić information content (AvgIpc) is 2.73. The highest BCUT2D eigenvalue weighted by Gasteiger charge is 2.15. The molecule has 0 unspecified atom stereocenters. The number of hydrogen-bond donors (Lipinski definition) is 2. The molecule has 0 spiro atoms. The van der Waals surface area contributed by atoms with Gasteiger partial charge in [-0.15, -0.1) is 0 Å². The number of hydrogen-bond acceptors (Lipinski definition) is 2. The molecule has 0 amide bonds. The molecule has 2 nitrogen and oxygen atoms in total. The maximum atomic E-state index is 5.70. The summed E-state index contributed by atoms with van der Waals surface area (Å²) in [6.45, 7) is 5.86. The molecule has 0 fully saturated rings. The quantitative estimate of drug-likeness (QED) is 0.811. The first-order chi connectivity index (χ1) is 7.61. The van der Waals surface area contributed by atoms with E-state index in [-0.39, 0.29) is 5.54 Å². The van der Waals surface area contributed by atoms with Gasteiger partial charge in [0, 0.05) is 18.6 Å². The highest BCUT2D eigenvalue weighted by molar-refractivity contribution is 5.35. The summed E-state index contributed by atoms with van der Waals surface area (Å²) in [4.78, 5) is 0. The first-order valence-electron chi connectivity index (χ1n) is 6.16. The van der Waals surface area contributed by atoms with Crippen molar-refractivity contribution in [1.82, 2.24) is 5.32 Å². The molecule has 1 aromatic carbocycles. The fraction of sp³-hybridized carbons (Fsp3) is 0.571. The zero-order chi connectivity index (χ0) is 11.6. The number of benzene rings is 1.